The van der Waals surface area contributed by atoms with Crippen molar-refractivity contribution in [2.45, 2.75) is 0 Å². The molecule has 0 radical (unpaired) electrons. The van der Waals surface area contributed by atoms with Crippen LogP contribution >= 0.6 is 23.2 Å². The molecule has 0 unspecified atom stereocenters. The van der Waals surface area contributed by atoms with Crippen molar-refractivity contribution in [2.24, 2.45) is 5.10 Å². The quantitative estimate of drug-likeness (QED) is 0.677. The Balaban J connectivity index is 2.17. The zero-order chi connectivity index (χ0) is 16.1. The highest BCUT2D eigenvalue weighted by atomic mass is 35.5. The monoisotopic (exact) mass is 340 g/mol. The van der Waals surface area contributed by atoms with E-state index in [0.29, 0.717) is 10.8 Å². The van der Waals surface area contributed by atoms with Crippen molar-refractivity contribution in [1.82, 2.24) is 5.43 Å². The van der Waals surface area contributed by atoms with Gasteiger partial charge in [0.1, 0.15) is 11.6 Å². The maximum absolute atomic E-state index is 13.5. The van der Waals surface area contributed by atoms with Crippen molar-refractivity contribution in [3.05, 3.63) is 63.4 Å². The maximum Gasteiger partial charge on any atom is 0.275 e. The molecular formula is C15H11Cl2FN2O2. The largest absolute Gasteiger partial charge is 0.496 e. The third kappa shape index (κ3) is 3.75. The van der Waals surface area contributed by atoms with Crippen LogP contribution in [-0.4, -0.2) is 19.2 Å². The molecule has 1 amide bonds. The molecule has 2 rings (SSSR count). The number of rotatable bonds is 4. The highest BCUT2D eigenvalue weighted by Gasteiger charge is 2.12. The number of hydrazone groups is 1. The fourth-order valence-corrected chi connectivity index (χ4v) is 2.09. The van der Waals surface area contributed by atoms with Gasteiger partial charge in [-0.05, 0) is 30.3 Å². The summed E-state index contributed by atoms with van der Waals surface area (Å²) in [6, 6.07) is 8.85. The molecule has 0 aromatic heterocycles. The van der Waals surface area contributed by atoms with Gasteiger partial charge in [-0.3, -0.25) is 4.79 Å². The minimum Gasteiger partial charge on any atom is -0.496 e. The van der Waals surface area contributed by atoms with Crippen LogP contribution in [0.1, 0.15) is 15.9 Å². The second-order valence-corrected chi connectivity index (χ2v) is 5.02. The molecule has 0 spiro atoms. The molecule has 0 saturated heterocycles. The van der Waals surface area contributed by atoms with Gasteiger partial charge in [-0.15, -0.1) is 0 Å². The Kier molecular flexibility index (Phi) is 5.35. The van der Waals surface area contributed by atoms with E-state index < -0.39 is 11.7 Å². The summed E-state index contributed by atoms with van der Waals surface area (Å²) in [4.78, 5) is 12.0. The second kappa shape index (κ2) is 7.24. The second-order valence-electron chi connectivity index (χ2n) is 4.18. The van der Waals surface area contributed by atoms with Gasteiger partial charge in [0, 0.05) is 10.6 Å². The lowest BCUT2D eigenvalue weighted by Gasteiger charge is -2.07. The average molecular weight is 341 g/mol. The zero-order valence-corrected chi connectivity index (χ0v) is 13.0. The number of amides is 1. The van der Waals surface area contributed by atoms with E-state index in [4.69, 9.17) is 27.9 Å². The number of hydrogen-bond acceptors (Lipinski definition) is 3. The third-order valence-corrected chi connectivity index (χ3v) is 3.33. The number of methoxy groups -OCH3 is 1. The number of carbonyl (C=O) groups is 1. The van der Waals surface area contributed by atoms with Crippen LogP contribution in [-0.2, 0) is 0 Å². The van der Waals surface area contributed by atoms with Gasteiger partial charge in [-0.1, -0.05) is 29.3 Å². The van der Waals surface area contributed by atoms with Crippen LogP contribution in [0.5, 0.6) is 5.75 Å². The fraction of sp³-hybridized carbons (Fsp3) is 0.0667. The first-order valence-electron chi connectivity index (χ1n) is 6.14. The van der Waals surface area contributed by atoms with E-state index in [9.17, 15) is 9.18 Å². The first kappa shape index (κ1) is 16.3. The molecule has 2 aromatic carbocycles. The SMILES string of the molecule is COc1ccc(Cl)cc1C(=O)NN=Cc1c(F)cccc1Cl. The highest BCUT2D eigenvalue weighted by Crippen LogP contribution is 2.22. The first-order valence-corrected chi connectivity index (χ1v) is 6.89. The summed E-state index contributed by atoms with van der Waals surface area (Å²) >= 11 is 11.7. The van der Waals surface area contributed by atoms with Crippen molar-refractivity contribution in [3.8, 4) is 5.75 Å². The summed E-state index contributed by atoms with van der Waals surface area (Å²) in [5.74, 6) is -0.727. The molecular weight excluding hydrogens is 330 g/mol. The molecule has 1 N–H and O–H groups in total. The van der Waals surface area contributed by atoms with Crippen LogP contribution in [0.25, 0.3) is 0 Å². The summed E-state index contributed by atoms with van der Waals surface area (Å²) in [5.41, 5.74) is 2.57. The van der Waals surface area contributed by atoms with E-state index >= 15 is 0 Å². The predicted octanol–water partition coefficient (Wildman–Crippen LogP) is 3.91. The molecule has 0 saturated carbocycles. The molecule has 0 aliphatic heterocycles. The number of benzene rings is 2. The van der Waals surface area contributed by atoms with Crippen molar-refractivity contribution in [3.63, 3.8) is 0 Å². The lowest BCUT2D eigenvalue weighted by Crippen LogP contribution is -2.18. The lowest BCUT2D eigenvalue weighted by molar-refractivity contribution is 0.0952. The van der Waals surface area contributed by atoms with Crippen molar-refractivity contribution >= 4 is 35.3 Å². The molecule has 7 heteroatoms. The van der Waals surface area contributed by atoms with Gasteiger partial charge in [0.25, 0.3) is 5.91 Å². The molecule has 0 aliphatic carbocycles. The average Bonchev–Trinajstić information content (AvgIpc) is 2.50. The first-order chi connectivity index (χ1) is 10.5. The number of nitrogens with zero attached hydrogens (tertiary/aromatic N) is 1. The fourth-order valence-electron chi connectivity index (χ4n) is 1.71. The molecule has 2 aromatic rings. The molecule has 4 nitrogen and oxygen atoms in total. The maximum atomic E-state index is 13.5. The van der Waals surface area contributed by atoms with Crippen molar-refractivity contribution in [1.29, 1.82) is 0 Å². The minimum atomic E-state index is -0.539. The lowest BCUT2D eigenvalue weighted by atomic mass is 10.2. The number of carbonyl (C=O) groups excluding carboxylic acids is 1. The van der Waals surface area contributed by atoms with Crippen LogP contribution in [0, 0.1) is 5.82 Å². The number of ether oxygens (including phenoxy) is 1. The molecule has 0 bridgehead atoms. The summed E-state index contributed by atoms with van der Waals surface area (Å²) < 4.78 is 18.6. The van der Waals surface area contributed by atoms with E-state index in [2.05, 4.69) is 10.5 Å². The Hall–Kier alpha value is -2.11. The summed E-state index contributed by atoms with van der Waals surface area (Å²) in [7, 11) is 1.43. The van der Waals surface area contributed by atoms with Crippen molar-refractivity contribution in [2.75, 3.05) is 7.11 Å². The van der Waals surface area contributed by atoms with E-state index in [1.54, 1.807) is 12.1 Å². The number of nitrogens with one attached hydrogen (secondary N) is 1. The Labute approximate surface area is 136 Å². The van der Waals surface area contributed by atoms with Crippen molar-refractivity contribution < 1.29 is 13.9 Å². The van der Waals surface area contributed by atoms with E-state index in [1.165, 1.54) is 31.4 Å². The predicted molar refractivity (Wildman–Crippen MR) is 84.5 cm³/mol. The van der Waals surface area contributed by atoms with Crippen LogP contribution < -0.4 is 10.2 Å². The molecule has 0 atom stereocenters. The minimum absolute atomic E-state index is 0.0857. The van der Waals surface area contributed by atoms with Crippen LogP contribution in [0.15, 0.2) is 41.5 Å². The number of hydrogen-bond donors (Lipinski definition) is 1. The number of halogens is 3. The summed E-state index contributed by atoms with van der Waals surface area (Å²) in [6.07, 6.45) is 1.13. The van der Waals surface area contributed by atoms with Gasteiger partial charge in [-0.2, -0.15) is 5.10 Å². The zero-order valence-electron chi connectivity index (χ0n) is 11.4. The smallest absolute Gasteiger partial charge is 0.275 e. The summed E-state index contributed by atoms with van der Waals surface area (Å²) in [6.45, 7) is 0. The van der Waals surface area contributed by atoms with E-state index in [1.807, 2.05) is 0 Å². The standard InChI is InChI=1S/C15H11Cl2FN2O2/c1-22-14-6-5-9(16)7-10(14)15(21)20-19-8-11-12(17)3-2-4-13(11)18/h2-8H,1H3,(H,20,21). The van der Waals surface area contributed by atoms with E-state index in [-0.39, 0.29) is 16.1 Å². The van der Waals surface area contributed by atoms with Gasteiger partial charge in [-0.25, -0.2) is 9.82 Å². The normalized spacial score (nSPS) is 10.7. The molecule has 114 valence electrons. The van der Waals surface area contributed by atoms with Crippen LogP contribution in [0.3, 0.4) is 0 Å². The topological polar surface area (TPSA) is 50.7 Å². The Morgan fingerprint density at radius 2 is 2.09 bits per heavy atom. The van der Waals surface area contributed by atoms with Gasteiger partial charge in [0.15, 0.2) is 0 Å². The Bertz CT molecular complexity index is 715. The summed E-state index contributed by atoms with van der Waals surface area (Å²) in [5, 5.41) is 4.27. The molecule has 0 fully saturated rings. The Morgan fingerprint density at radius 1 is 1.32 bits per heavy atom. The Morgan fingerprint density at radius 3 is 2.77 bits per heavy atom. The van der Waals surface area contributed by atoms with Gasteiger partial charge < -0.3 is 4.74 Å². The molecule has 22 heavy (non-hydrogen) atoms. The van der Waals surface area contributed by atoms with Crippen LogP contribution in [0.2, 0.25) is 10.0 Å². The van der Waals surface area contributed by atoms with Crippen LogP contribution in [0.4, 0.5) is 4.39 Å². The van der Waals surface area contributed by atoms with Gasteiger partial charge >= 0.3 is 0 Å². The molecule has 0 aliphatic rings. The third-order valence-electron chi connectivity index (χ3n) is 2.77. The van der Waals surface area contributed by atoms with Gasteiger partial charge in [0.2, 0.25) is 0 Å². The molecule has 0 heterocycles. The van der Waals surface area contributed by atoms with E-state index in [0.717, 1.165) is 6.21 Å². The highest BCUT2D eigenvalue weighted by molar-refractivity contribution is 6.33. The van der Waals surface area contributed by atoms with Gasteiger partial charge in [0.05, 0.1) is 23.9 Å².